The third-order valence-corrected chi connectivity index (χ3v) is 3.41. The maximum absolute atomic E-state index is 12.7. The van der Waals surface area contributed by atoms with Gasteiger partial charge < -0.3 is 15.6 Å². The molecular weight excluding hydrogens is 319 g/mol. The van der Waals surface area contributed by atoms with Gasteiger partial charge in [-0.3, -0.25) is 0 Å². The smallest absolute Gasteiger partial charge is 0.394 e. The Kier molecular flexibility index (Phi) is 3.37. The van der Waals surface area contributed by atoms with Gasteiger partial charge in [-0.25, -0.2) is 0 Å². The number of rotatable bonds is 2. The molecule has 0 bridgehead atoms. The molecule has 3 N–H and O–H groups in total. The molecule has 2 aromatic carbocycles. The molecule has 0 aliphatic carbocycles. The molecule has 0 saturated carbocycles. The van der Waals surface area contributed by atoms with Crippen molar-refractivity contribution in [3.63, 3.8) is 0 Å². The van der Waals surface area contributed by atoms with Crippen LogP contribution in [0.2, 0.25) is 5.02 Å². The molecule has 1 aromatic heterocycles. The van der Waals surface area contributed by atoms with Gasteiger partial charge in [-0.1, -0.05) is 22.8 Å². The summed E-state index contributed by atoms with van der Waals surface area (Å²) in [5.74, 6) is 0.262. The van der Waals surface area contributed by atoms with Crippen LogP contribution in [0.1, 0.15) is 5.56 Å². The summed E-state index contributed by atoms with van der Waals surface area (Å²) in [5, 5.41) is 7.40. The van der Waals surface area contributed by atoms with Crippen LogP contribution < -0.4 is 11.1 Å². The Morgan fingerprint density at radius 2 is 1.95 bits per heavy atom. The van der Waals surface area contributed by atoms with Gasteiger partial charge in [0.2, 0.25) is 0 Å². The number of aromatic nitrogens is 1. The highest BCUT2D eigenvalue weighted by atomic mass is 35.5. The van der Waals surface area contributed by atoms with Crippen molar-refractivity contribution >= 4 is 39.8 Å². The van der Waals surface area contributed by atoms with Crippen LogP contribution in [-0.2, 0) is 6.18 Å². The summed E-state index contributed by atoms with van der Waals surface area (Å²) < 4.78 is 43.2. The monoisotopic (exact) mass is 327 g/mol. The number of nitrogens with zero attached hydrogens (tertiary/aromatic N) is 1. The molecular formula is C14H9ClF3N3O. The van der Waals surface area contributed by atoms with Crippen LogP contribution in [0.25, 0.3) is 11.0 Å². The fourth-order valence-electron chi connectivity index (χ4n) is 2.00. The van der Waals surface area contributed by atoms with Gasteiger partial charge >= 0.3 is 6.18 Å². The lowest BCUT2D eigenvalue weighted by molar-refractivity contribution is -0.137. The second kappa shape index (κ2) is 5.10. The maximum atomic E-state index is 12.7. The summed E-state index contributed by atoms with van der Waals surface area (Å²) >= 11 is 5.87. The second-order valence-electron chi connectivity index (χ2n) is 4.57. The molecule has 0 fully saturated rings. The third-order valence-electron chi connectivity index (χ3n) is 3.08. The number of benzene rings is 2. The van der Waals surface area contributed by atoms with E-state index in [1.54, 1.807) is 12.1 Å². The van der Waals surface area contributed by atoms with Crippen LogP contribution in [0.4, 0.5) is 30.4 Å². The molecule has 114 valence electrons. The van der Waals surface area contributed by atoms with Gasteiger partial charge in [0.15, 0.2) is 11.4 Å². The fourth-order valence-corrected chi connectivity index (χ4v) is 2.15. The van der Waals surface area contributed by atoms with Crippen molar-refractivity contribution in [3.05, 3.63) is 47.0 Å². The SMILES string of the molecule is Nc1c(Cl)ccc2c(Nc3cccc(C(F)(F)F)c3)noc12. The van der Waals surface area contributed by atoms with Crippen molar-refractivity contribution < 1.29 is 17.7 Å². The van der Waals surface area contributed by atoms with Gasteiger partial charge in [-0.15, -0.1) is 0 Å². The minimum Gasteiger partial charge on any atom is -0.394 e. The number of nitrogens with two attached hydrogens (primary N) is 1. The summed E-state index contributed by atoms with van der Waals surface area (Å²) in [5.41, 5.74) is 5.75. The molecule has 0 amide bonds. The molecule has 0 aliphatic heterocycles. The van der Waals surface area contributed by atoms with Gasteiger partial charge in [-0.05, 0) is 30.3 Å². The molecule has 1 heterocycles. The van der Waals surface area contributed by atoms with Crippen molar-refractivity contribution in [1.82, 2.24) is 5.16 Å². The zero-order valence-electron chi connectivity index (χ0n) is 10.9. The van der Waals surface area contributed by atoms with Gasteiger partial charge in [0.05, 0.1) is 21.7 Å². The summed E-state index contributed by atoms with van der Waals surface area (Å²) in [7, 11) is 0. The van der Waals surface area contributed by atoms with E-state index < -0.39 is 11.7 Å². The Hall–Kier alpha value is -2.41. The van der Waals surface area contributed by atoms with Crippen molar-refractivity contribution in [2.24, 2.45) is 0 Å². The minimum atomic E-state index is -4.42. The number of nitrogen functional groups attached to an aromatic ring is 1. The second-order valence-corrected chi connectivity index (χ2v) is 4.98. The van der Waals surface area contributed by atoms with Crippen LogP contribution >= 0.6 is 11.6 Å². The Balaban J connectivity index is 1.99. The average molecular weight is 328 g/mol. The number of alkyl halides is 3. The standard InChI is InChI=1S/C14H9ClF3N3O/c15-10-5-4-9-12(11(10)19)22-21-13(9)20-8-3-1-2-7(6-8)14(16,17)18/h1-6H,19H2,(H,20,21). The first-order chi connectivity index (χ1) is 10.4. The summed E-state index contributed by atoms with van der Waals surface area (Å²) in [6, 6.07) is 7.96. The molecule has 4 nitrogen and oxygen atoms in total. The molecule has 0 radical (unpaired) electrons. The normalized spacial score (nSPS) is 11.8. The number of nitrogens with one attached hydrogen (secondary N) is 1. The average Bonchev–Trinajstić information content (AvgIpc) is 2.86. The molecule has 0 unspecified atom stereocenters. The molecule has 3 rings (SSSR count). The Labute approximate surface area is 127 Å². The zero-order valence-corrected chi connectivity index (χ0v) is 11.7. The lowest BCUT2D eigenvalue weighted by atomic mass is 10.2. The predicted molar refractivity (Wildman–Crippen MR) is 78.2 cm³/mol. The number of anilines is 3. The summed E-state index contributed by atoms with van der Waals surface area (Å²) in [4.78, 5) is 0. The van der Waals surface area contributed by atoms with Crippen molar-refractivity contribution in [2.45, 2.75) is 6.18 Å². The van der Waals surface area contributed by atoms with Crippen molar-refractivity contribution in [3.8, 4) is 0 Å². The van der Waals surface area contributed by atoms with Crippen LogP contribution in [0.5, 0.6) is 0 Å². The highest BCUT2D eigenvalue weighted by Gasteiger charge is 2.30. The first-order valence-electron chi connectivity index (χ1n) is 6.14. The van der Waals surface area contributed by atoms with E-state index in [1.165, 1.54) is 12.1 Å². The third kappa shape index (κ3) is 2.55. The minimum absolute atomic E-state index is 0.226. The maximum Gasteiger partial charge on any atom is 0.416 e. The zero-order chi connectivity index (χ0) is 15.9. The molecule has 0 spiro atoms. The van der Waals surface area contributed by atoms with E-state index in [2.05, 4.69) is 10.5 Å². The van der Waals surface area contributed by atoms with Crippen LogP contribution in [-0.4, -0.2) is 5.16 Å². The number of halogens is 4. The van der Waals surface area contributed by atoms with E-state index >= 15 is 0 Å². The van der Waals surface area contributed by atoms with Gasteiger partial charge in [-0.2, -0.15) is 13.2 Å². The molecule has 8 heteroatoms. The predicted octanol–water partition coefficient (Wildman–Crippen LogP) is 4.83. The fraction of sp³-hybridized carbons (Fsp3) is 0.0714. The molecule has 3 aromatic rings. The van der Waals surface area contributed by atoms with Gasteiger partial charge in [0.25, 0.3) is 0 Å². The van der Waals surface area contributed by atoms with Crippen LogP contribution in [0.15, 0.2) is 40.9 Å². The molecule has 0 saturated heterocycles. The summed E-state index contributed by atoms with van der Waals surface area (Å²) in [6.45, 7) is 0. The molecule has 22 heavy (non-hydrogen) atoms. The van der Waals surface area contributed by atoms with E-state index in [1.807, 2.05) is 0 Å². The summed E-state index contributed by atoms with van der Waals surface area (Å²) in [6.07, 6.45) is -4.42. The van der Waals surface area contributed by atoms with Crippen molar-refractivity contribution in [1.29, 1.82) is 0 Å². The number of hydrogen-bond donors (Lipinski definition) is 2. The Bertz CT molecular complexity index is 845. The Morgan fingerprint density at radius 3 is 2.68 bits per heavy atom. The topological polar surface area (TPSA) is 64.1 Å². The lowest BCUT2D eigenvalue weighted by Crippen LogP contribution is -2.05. The number of fused-ring (bicyclic) bond motifs is 1. The molecule has 0 atom stereocenters. The first-order valence-corrected chi connectivity index (χ1v) is 6.51. The van der Waals surface area contributed by atoms with E-state index in [4.69, 9.17) is 21.9 Å². The van der Waals surface area contributed by atoms with Crippen LogP contribution in [0, 0.1) is 0 Å². The largest absolute Gasteiger partial charge is 0.416 e. The van der Waals surface area contributed by atoms with E-state index in [9.17, 15) is 13.2 Å². The highest BCUT2D eigenvalue weighted by molar-refractivity contribution is 6.34. The highest BCUT2D eigenvalue weighted by Crippen LogP contribution is 2.35. The van der Waals surface area contributed by atoms with Gasteiger partial charge in [0, 0.05) is 5.69 Å². The van der Waals surface area contributed by atoms with Crippen molar-refractivity contribution in [2.75, 3.05) is 11.1 Å². The Morgan fingerprint density at radius 1 is 1.18 bits per heavy atom. The molecule has 0 aliphatic rings. The van der Waals surface area contributed by atoms with Gasteiger partial charge in [0.1, 0.15) is 0 Å². The lowest BCUT2D eigenvalue weighted by Gasteiger charge is -2.09. The quantitative estimate of drug-likeness (QED) is 0.662. The van der Waals surface area contributed by atoms with E-state index in [0.717, 1.165) is 12.1 Å². The van der Waals surface area contributed by atoms with E-state index in [-0.39, 0.29) is 22.8 Å². The number of hydrogen-bond acceptors (Lipinski definition) is 4. The van der Waals surface area contributed by atoms with Crippen LogP contribution in [0.3, 0.4) is 0 Å². The van der Waals surface area contributed by atoms with E-state index in [0.29, 0.717) is 10.4 Å². The first kappa shape index (κ1) is 14.5.